The normalized spacial score (nSPS) is 46.6. The van der Waals surface area contributed by atoms with Gasteiger partial charge in [-0.15, -0.1) is 0 Å². The fourth-order valence-electron chi connectivity index (χ4n) is 4.76. The van der Waals surface area contributed by atoms with Crippen LogP contribution in [0.5, 0.6) is 0 Å². The highest BCUT2D eigenvalue weighted by atomic mass is 16.3. The lowest BCUT2D eigenvalue weighted by molar-refractivity contribution is 0.0150. The highest BCUT2D eigenvalue weighted by Gasteiger charge is 2.43. The Morgan fingerprint density at radius 3 is 2.76 bits per heavy atom. The van der Waals surface area contributed by atoms with Crippen LogP contribution in [0, 0.1) is 17.3 Å². The SMILES string of the molecule is CC1CCCC(CO)(CN2CC3CCC2C3)C1. The Hall–Kier alpha value is -0.0800. The summed E-state index contributed by atoms with van der Waals surface area (Å²) in [5.74, 6) is 1.80. The summed E-state index contributed by atoms with van der Waals surface area (Å²) >= 11 is 0. The van der Waals surface area contributed by atoms with Crippen molar-refractivity contribution in [3.63, 3.8) is 0 Å². The molecule has 3 aliphatic rings. The standard InChI is InChI=1S/C15H27NO/c1-12-3-2-6-15(8-12,11-17)10-16-9-13-4-5-14(16)7-13/h12-14,17H,2-11H2,1H3. The zero-order valence-corrected chi connectivity index (χ0v) is 11.2. The van der Waals surface area contributed by atoms with Crippen LogP contribution in [0.1, 0.15) is 51.9 Å². The number of hydrogen-bond donors (Lipinski definition) is 1. The number of rotatable bonds is 3. The van der Waals surface area contributed by atoms with E-state index in [0.29, 0.717) is 6.61 Å². The van der Waals surface area contributed by atoms with Gasteiger partial charge in [-0.25, -0.2) is 0 Å². The highest BCUT2D eigenvalue weighted by molar-refractivity contribution is 4.96. The molecule has 2 heteroatoms. The van der Waals surface area contributed by atoms with Gasteiger partial charge in [-0.3, -0.25) is 4.90 Å². The average molecular weight is 237 g/mol. The molecule has 1 N–H and O–H groups in total. The second kappa shape index (κ2) is 4.55. The Kier molecular flexibility index (Phi) is 3.20. The molecule has 3 rings (SSSR count). The van der Waals surface area contributed by atoms with Gasteiger partial charge >= 0.3 is 0 Å². The first-order valence-corrected chi connectivity index (χ1v) is 7.56. The third-order valence-corrected chi connectivity index (χ3v) is 5.58. The molecule has 1 heterocycles. The van der Waals surface area contributed by atoms with E-state index < -0.39 is 0 Å². The highest BCUT2D eigenvalue weighted by Crippen LogP contribution is 2.44. The minimum absolute atomic E-state index is 0.238. The van der Waals surface area contributed by atoms with Gasteiger partial charge in [-0.05, 0) is 43.9 Å². The van der Waals surface area contributed by atoms with Crippen molar-refractivity contribution in [3.8, 4) is 0 Å². The lowest BCUT2D eigenvalue weighted by atomic mass is 9.70. The van der Waals surface area contributed by atoms with Crippen LogP contribution in [0.15, 0.2) is 0 Å². The van der Waals surface area contributed by atoms with Gasteiger partial charge < -0.3 is 5.11 Å². The molecular weight excluding hydrogens is 210 g/mol. The van der Waals surface area contributed by atoms with Crippen LogP contribution in [0.4, 0.5) is 0 Å². The van der Waals surface area contributed by atoms with Crippen LogP contribution in [0.25, 0.3) is 0 Å². The molecule has 0 amide bonds. The van der Waals surface area contributed by atoms with Crippen molar-refractivity contribution < 1.29 is 5.11 Å². The maximum absolute atomic E-state index is 9.86. The molecule has 17 heavy (non-hydrogen) atoms. The summed E-state index contributed by atoms with van der Waals surface area (Å²) < 4.78 is 0. The summed E-state index contributed by atoms with van der Waals surface area (Å²) in [6, 6.07) is 0.862. The first-order valence-electron chi connectivity index (χ1n) is 7.56. The van der Waals surface area contributed by atoms with E-state index in [1.807, 2.05) is 0 Å². The molecule has 0 aromatic heterocycles. The topological polar surface area (TPSA) is 23.5 Å². The van der Waals surface area contributed by atoms with Crippen molar-refractivity contribution in [2.24, 2.45) is 17.3 Å². The predicted octanol–water partition coefficient (Wildman–Crippen LogP) is 2.66. The van der Waals surface area contributed by atoms with E-state index >= 15 is 0 Å². The van der Waals surface area contributed by atoms with Crippen molar-refractivity contribution >= 4 is 0 Å². The van der Waals surface area contributed by atoms with E-state index in [1.165, 1.54) is 58.0 Å². The van der Waals surface area contributed by atoms with Gasteiger partial charge in [0.25, 0.3) is 0 Å². The van der Waals surface area contributed by atoms with E-state index in [1.54, 1.807) is 0 Å². The van der Waals surface area contributed by atoms with E-state index in [0.717, 1.165) is 17.9 Å². The molecule has 98 valence electrons. The molecule has 0 aromatic carbocycles. The molecule has 0 aromatic rings. The van der Waals surface area contributed by atoms with Crippen LogP contribution in [-0.2, 0) is 0 Å². The van der Waals surface area contributed by atoms with Gasteiger partial charge in [0.1, 0.15) is 0 Å². The zero-order valence-electron chi connectivity index (χ0n) is 11.2. The quantitative estimate of drug-likeness (QED) is 0.815. The molecule has 0 radical (unpaired) electrons. The molecule has 0 spiro atoms. The van der Waals surface area contributed by atoms with E-state index in [-0.39, 0.29) is 5.41 Å². The Labute approximate surface area is 105 Å². The van der Waals surface area contributed by atoms with Crippen molar-refractivity contribution in [2.75, 3.05) is 19.7 Å². The van der Waals surface area contributed by atoms with Gasteiger partial charge in [-0.1, -0.05) is 19.8 Å². The Balaban J connectivity index is 1.65. The molecule has 2 nitrogen and oxygen atoms in total. The summed E-state index contributed by atoms with van der Waals surface area (Å²) in [7, 11) is 0. The van der Waals surface area contributed by atoms with Gasteiger partial charge in [-0.2, -0.15) is 0 Å². The molecular formula is C15H27NO. The lowest BCUT2D eigenvalue weighted by Gasteiger charge is -2.43. The van der Waals surface area contributed by atoms with Crippen molar-refractivity contribution in [1.29, 1.82) is 0 Å². The van der Waals surface area contributed by atoms with Crippen LogP contribution in [0.2, 0.25) is 0 Å². The number of likely N-dealkylation sites (tertiary alicyclic amines) is 1. The number of aliphatic hydroxyl groups is 1. The van der Waals surface area contributed by atoms with Gasteiger partial charge in [0, 0.05) is 31.2 Å². The summed E-state index contributed by atoms with van der Waals surface area (Å²) in [4.78, 5) is 2.71. The molecule has 3 fully saturated rings. The minimum atomic E-state index is 0.238. The molecule has 2 bridgehead atoms. The van der Waals surface area contributed by atoms with E-state index in [4.69, 9.17) is 0 Å². The number of piperidine rings is 1. The van der Waals surface area contributed by atoms with Gasteiger partial charge in [0.05, 0.1) is 0 Å². The molecule has 4 unspecified atom stereocenters. The average Bonchev–Trinajstić information content (AvgIpc) is 2.91. The third-order valence-electron chi connectivity index (χ3n) is 5.58. The molecule has 2 saturated carbocycles. The number of nitrogens with zero attached hydrogens (tertiary/aromatic N) is 1. The molecule has 1 aliphatic heterocycles. The minimum Gasteiger partial charge on any atom is -0.396 e. The lowest BCUT2D eigenvalue weighted by Crippen LogP contribution is -2.45. The van der Waals surface area contributed by atoms with Crippen molar-refractivity contribution in [2.45, 2.75) is 57.9 Å². The van der Waals surface area contributed by atoms with Crippen LogP contribution in [0.3, 0.4) is 0 Å². The Bertz CT molecular complexity index is 280. The number of aliphatic hydroxyl groups excluding tert-OH is 1. The predicted molar refractivity (Wildman–Crippen MR) is 69.9 cm³/mol. The van der Waals surface area contributed by atoms with Crippen LogP contribution in [-0.4, -0.2) is 35.7 Å². The summed E-state index contributed by atoms with van der Waals surface area (Å²) in [6.07, 6.45) is 9.51. The Morgan fingerprint density at radius 1 is 1.29 bits per heavy atom. The van der Waals surface area contributed by atoms with Crippen LogP contribution < -0.4 is 0 Å². The first kappa shape index (κ1) is 12.0. The summed E-state index contributed by atoms with van der Waals surface area (Å²) in [5.41, 5.74) is 0.238. The number of hydrogen-bond acceptors (Lipinski definition) is 2. The van der Waals surface area contributed by atoms with Crippen molar-refractivity contribution in [1.82, 2.24) is 4.90 Å². The maximum atomic E-state index is 9.86. The molecule has 1 saturated heterocycles. The molecule has 2 aliphatic carbocycles. The first-order chi connectivity index (χ1) is 8.21. The fraction of sp³-hybridized carbons (Fsp3) is 1.00. The zero-order chi connectivity index (χ0) is 11.9. The summed E-state index contributed by atoms with van der Waals surface area (Å²) in [6.45, 7) is 5.26. The Morgan fingerprint density at radius 2 is 2.18 bits per heavy atom. The summed E-state index contributed by atoms with van der Waals surface area (Å²) in [5, 5.41) is 9.86. The van der Waals surface area contributed by atoms with Gasteiger partial charge in [0.2, 0.25) is 0 Å². The largest absolute Gasteiger partial charge is 0.396 e. The van der Waals surface area contributed by atoms with Crippen molar-refractivity contribution in [3.05, 3.63) is 0 Å². The third kappa shape index (κ3) is 2.26. The second-order valence-corrected chi connectivity index (χ2v) is 7.12. The second-order valence-electron chi connectivity index (χ2n) is 7.12. The van der Waals surface area contributed by atoms with E-state index in [2.05, 4.69) is 11.8 Å². The van der Waals surface area contributed by atoms with Gasteiger partial charge in [0.15, 0.2) is 0 Å². The van der Waals surface area contributed by atoms with E-state index in [9.17, 15) is 5.11 Å². The number of fused-ring (bicyclic) bond motifs is 2. The monoisotopic (exact) mass is 237 g/mol. The maximum Gasteiger partial charge on any atom is 0.0499 e. The molecule has 4 atom stereocenters. The van der Waals surface area contributed by atoms with Crippen LogP contribution >= 0.6 is 0 Å². The fourth-order valence-corrected chi connectivity index (χ4v) is 4.76. The smallest absolute Gasteiger partial charge is 0.0499 e.